The molecule has 1 aliphatic carbocycles. The fraction of sp³-hybridized carbons (Fsp3) is 0.316. The normalized spacial score (nSPS) is 14.2. The molecule has 0 saturated heterocycles. The van der Waals surface area contributed by atoms with Gasteiger partial charge in [0.05, 0.1) is 6.04 Å². The number of fused-ring (bicyclic) bond motifs is 1. The van der Waals surface area contributed by atoms with Crippen LogP contribution in [-0.2, 0) is 17.6 Å². The van der Waals surface area contributed by atoms with E-state index in [-0.39, 0.29) is 18.6 Å². The predicted molar refractivity (Wildman–Crippen MR) is 92.0 cm³/mol. The molecule has 2 aromatic carbocycles. The molecule has 0 bridgehead atoms. The van der Waals surface area contributed by atoms with E-state index in [1.807, 2.05) is 6.92 Å². The molecule has 0 spiro atoms. The summed E-state index contributed by atoms with van der Waals surface area (Å²) in [5.41, 5.74) is 4.00. The van der Waals surface area contributed by atoms with Crippen LogP contribution in [0.5, 0.6) is 5.75 Å². The second-order valence-electron chi connectivity index (χ2n) is 5.91. The number of aryl methyl sites for hydroxylation is 2. The van der Waals surface area contributed by atoms with Crippen LogP contribution in [0.2, 0.25) is 5.02 Å². The zero-order chi connectivity index (χ0) is 16.2. The summed E-state index contributed by atoms with van der Waals surface area (Å²) in [6, 6.07) is 13.5. The van der Waals surface area contributed by atoms with Crippen molar-refractivity contribution in [1.29, 1.82) is 0 Å². The van der Waals surface area contributed by atoms with Crippen molar-refractivity contribution < 1.29 is 9.53 Å². The molecular formula is C19H20ClNO2. The van der Waals surface area contributed by atoms with Crippen LogP contribution in [0.1, 0.15) is 36.1 Å². The number of nitrogens with one attached hydrogen (secondary N) is 1. The third-order valence-electron chi connectivity index (χ3n) is 4.18. The summed E-state index contributed by atoms with van der Waals surface area (Å²) in [5, 5.41) is 3.62. The summed E-state index contributed by atoms with van der Waals surface area (Å²) in [6.07, 6.45) is 3.54. The topological polar surface area (TPSA) is 38.3 Å². The third-order valence-corrected chi connectivity index (χ3v) is 4.44. The molecule has 23 heavy (non-hydrogen) atoms. The molecule has 1 amide bonds. The summed E-state index contributed by atoms with van der Waals surface area (Å²) >= 11 is 5.82. The van der Waals surface area contributed by atoms with Gasteiger partial charge in [0.2, 0.25) is 0 Å². The number of benzene rings is 2. The lowest BCUT2D eigenvalue weighted by Gasteiger charge is -2.16. The van der Waals surface area contributed by atoms with Crippen LogP contribution in [0, 0.1) is 0 Å². The second-order valence-corrected chi connectivity index (χ2v) is 6.35. The number of carbonyl (C=O) groups excluding carboxylic acids is 1. The van der Waals surface area contributed by atoms with Crippen molar-refractivity contribution in [3.05, 3.63) is 64.2 Å². The fourth-order valence-electron chi connectivity index (χ4n) is 2.91. The van der Waals surface area contributed by atoms with Gasteiger partial charge >= 0.3 is 0 Å². The van der Waals surface area contributed by atoms with E-state index in [2.05, 4.69) is 23.5 Å². The molecule has 0 heterocycles. The monoisotopic (exact) mass is 329 g/mol. The Bertz CT molecular complexity index is 697. The van der Waals surface area contributed by atoms with Gasteiger partial charge in [-0.05, 0) is 67.1 Å². The summed E-state index contributed by atoms with van der Waals surface area (Å²) in [5.74, 6) is 0.502. The maximum absolute atomic E-state index is 12.0. The molecule has 0 aliphatic heterocycles. The zero-order valence-corrected chi connectivity index (χ0v) is 13.9. The molecule has 0 radical (unpaired) electrons. The Morgan fingerprint density at radius 2 is 1.91 bits per heavy atom. The highest BCUT2D eigenvalue weighted by Gasteiger charge is 2.15. The smallest absolute Gasteiger partial charge is 0.258 e. The SMILES string of the molecule is C[C@@H](NC(=O)COc1ccc(Cl)cc1)c1ccc2c(c1)CCC2. The zero-order valence-electron chi connectivity index (χ0n) is 13.1. The Balaban J connectivity index is 1.54. The molecule has 4 heteroatoms. The lowest BCUT2D eigenvalue weighted by molar-refractivity contribution is -0.123. The minimum absolute atomic E-state index is 0.00306. The van der Waals surface area contributed by atoms with Gasteiger partial charge in [0, 0.05) is 5.02 Å². The highest BCUT2D eigenvalue weighted by molar-refractivity contribution is 6.30. The van der Waals surface area contributed by atoms with E-state index in [1.54, 1.807) is 24.3 Å². The van der Waals surface area contributed by atoms with E-state index in [1.165, 1.54) is 24.0 Å². The van der Waals surface area contributed by atoms with Crippen LogP contribution >= 0.6 is 11.6 Å². The Hall–Kier alpha value is -2.00. The van der Waals surface area contributed by atoms with Crippen LogP contribution in [0.3, 0.4) is 0 Å². The van der Waals surface area contributed by atoms with Crippen LogP contribution in [-0.4, -0.2) is 12.5 Å². The van der Waals surface area contributed by atoms with Crippen molar-refractivity contribution in [2.24, 2.45) is 0 Å². The molecule has 3 rings (SSSR count). The molecule has 3 nitrogen and oxygen atoms in total. The Kier molecular flexibility index (Phi) is 4.87. The van der Waals surface area contributed by atoms with Gasteiger partial charge in [0.15, 0.2) is 6.61 Å². The molecule has 120 valence electrons. The van der Waals surface area contributed by atoms with Gasteiger partial charge in [-0.1, -0.05) is 29.8 Å². The molecule has 0 fully saturated rings. The standard InChI is InChI=1S/C19H20ClNO2/c1-13(15-6-5-14-3-2-4-16(14)11-15)21-19(22)12-23-18-9-7-17(20)8-10-18/h5-11,13H,2-4,12H2,1H3,(H,21,22)/t13-/m1/s1. The summed E-state index contributed by atoms with van der Waals surface area (Å²) in [6.45, 7) is 1.99. The lowest BCUT2D eigenvalue weighted by Crippen LogP contribution is -2.31. The van der Waals surface area contributed by atoms with Gasteiger partial charge in [0.25, 0.3) is 5.91 Å². The molecule has 1 N–H and O–H groups in total. The van der Waals surface area contributed by atoms with Crippen LogP contribution in [0.25, 0.3) is 0 Å². The number of hydrogen-bond donors (Lipinski definition) is 1. The van der Waals surface area contributed by atoms with E-state index in [0.717, 1.165) is 12.0 Å². The van der Waals surface area contributed by atoms with Gasteiger partial charge in [-0.2, -0.15) is 0 Å². The first kappa shape index (κ1) is 15.9. The van der Waals surface area contributed by atoms with Gasteiger partial charge in [-0.15, -0.1) is 0 Å². The number of halogens is 1. The van der Waals surface area contributed by atoms with E-state index < -0.39 is 0 Å². The van der Waals surface area contributed by atoms with Crippen molar-refractivity contribution >= 4 is 17.5 Å². The van der Waals surface area contributed by atoms with E-state index in [4.69, 9.17) is 16.3 Å². The van der Waals surface area contributed by atoms with Gasteiger partial charge < -0.3 is 10.1 Å². The van der Waals surface area contributed by atoms with Crippen LogP contribution in [0.4, 0.5) is 0 Å². The molecule has 0 unspecified atom stereocenters. The average Bonchev–Trinajstić information content (AvgIpc) is 3.02. The molecule has 1 aliphatic rings. The Morgan fingerprint density at radius 3 is 2.70 bits per heavy atom. The number of rotatable bonds is 5. The fourth-order valence-corrected chi connectivity index (χ4v) is 3.03. The van der Waals surface area contributed by atoms with Crippen molar-refractivity contribution in [2.75, 3.05) is 6.61 Å². The summed E-state index contributed by atoms with van der Waals surface area (Å²) in [7, 11) is 0. The highest BCUT2D eigenvalue weighted by atomic mass is 35.5. The first-order valence-electron chi connectivity index (χ1n) is 7.91. The van der Waals surface area contributed by atoms with Gasteiger partial charge in [-0.3, -0.25) is 4.79 Å². The largest absolute Gasteiger partial charge is 0.484 e. The lowest BCUT2D eigenvalue weighted by atomic mass is 10.0. The minimum Gasteiger partial charge on any atom is -0.484 e. The van der Waals surface area contributed by atoms with Crippen molar-refractivity contribution in [2.45, 2.75) is 32.2 Å². The number of carbonyl (C=O) groups is 1. The number of ether oxygens (including phenoxy) is 1. The third kappa shape index (κ3) is 4.05. The quantitative estimate of drug-likeness (QED) is 0.897. The van der Waals surface area contributed by atoms with E-state index in [9.17, 15) is 4.79 Å². The highest BCUT2D eigenvalue weighted by Crippen LogP contribution is 2.25. The first-order valence-corrected chi connectivity index (χ1v) is 8.29. The maximum Gasteiger partial charge on any atom is 0.258 e. The molecule has 0 aromatic heterocycles. The Morgan fingerprint density at radius 1 is 1.17 bits per heavy atom. The van der Waals surface area contributed by atoms with Crippen molar-refractivity contribution in [3.63, 3.8) is 0 Å². The summed E-state index contributed by atoms with van der Waals surface area (Å²) in [4.78, 5) is 12.0. The molecule has 1 atom stereocenters. The second kappa shape index (κ2) is 7.05. The number of hydrogen-bond acceptors (Lipinski definition) is 2. The Labute approximate surface area is 141 Å². The van der Waals surface area contributed by atoms with Gasteiger partial charge in [0.1, 0.15) is 5.75 Å². The molecular weight excluding hydrogens is 310 g/mol. The first-order chi connectivity index (χ1) is 11.1. The van der Waals surface area contributed by atoms with Crippen LogP contribution in [0.15, 0.2) is 42.5 Å². The van der Waals surface area contributed by atoms with Gasteiger partial charge in [-0.25, -0.2) is 0 Å². The maximum atomic E-state index is 12.0. The van der Waals surface area contributed by atoms with Crippen LogP contribution < -0.4 is 10.1 Å². The van der Waals surface area contributed by atoms with Crippen molar-refractivity contribution in [1.82, 2.24) is 5.32 Å². The van der Waals surface area contributed by atoms with E-state index in [0.29, 0.717) is 10.8 Å². The minimum atomic E-state index is -0.132. The summed E-state index contributed by atoms with van der Waals surface area (Å²) < 4.78 is 5.46. The average molecular weight is 330 g/mol. The number of amides is 1. The molecule has 0 saturated carbocycles. The van der Waals surface area contributed by atoms with Crippen molar-refractivity contribution in [3.8, 4) is 5.75 Å². The molecule has 2 aromatic rings. The van der Waals surface area contributed by atoms with E-state index >= 15 is 0 Å². The predicted octanol–water partition coefficient (Wildman–Crippen LogP) is 4.08.